The van der Waals surface area contributed by atoms with Crippen LogP contribution >= 0.6 is 0 Å². The zero-order valence-electron chi connectivity index (χ0n) is 15.1. The van der Waals surface area contributed by atoms with Crippen LogP contribution in [0.4, 0.5) is 0 Å². The Hall–Kier alpha value is -0.330. The van der Waals surface area contributed by atoms with Crippen LogP contribution in [0.1, 0.15) is 104 Å². The van der Waals surface area contributed by atoms with Gasteiger partial charge in [-0.3, -0.25) is 4.79 Å². The molecule has 0 radical (unpaired) electrons. The Kier molecular flexibility index (Phi) is 7.97. The molecule has 0 aliphatic heterocycles. The molecule has 0 heterocycles. The van der Waals surface area contributed by atoms with Crippen LogP contribution in [0.25, 0.3) is 0 Å². The topological polar surface area (TPSA) is 17.1 Å². The van der Waals surface area contributed by atoms with Crippen molar-refractivity contribution in [2.75, 3.05) is 0 Å². The van der Waals surface area contributed by atoms with Gasteiger partial charge in [0.1, 0.15) is 5.78 Å². The quantitative estimate of drug-likeness (QED) is 0.497. The van der Waals surface area contributed by atoms with Crippen molar-refractivity contribution < 1.29 is 4.79 Å². The van der Waals surface area contributed by atoms with Crippen molar-refractivity contribution in [1.29, 1.82) is 0 Å². The van der Waals surface area contributed by atoms with Gasteiger partial charge in [0, 0.05) is 11.8 Å². The molecule has 2 saturated carbocycles. The third-order valence-electron chi connectivity index (χ3n) is 6.37. The van der Waals surface area contributed by atoms with Gasteiger partial charge in [-0.1, -0.05) is 65.2 Å². The summed E-state index contributed by atoms with van der Waals surface area (Å²) in [6.45, 7) is 4.52. The second-order valence-electron chi connectivity index (χ2n) is 7.99. The molecule has 0 aromatic heterocycles. The van der Waals surface area contributed by atoms with Gasteiger partial charge >= 0.3 is 0 Å². The van der Waals surface area contributed by atoms with Gasteiger partial charge in [0.2, 0.25) is 0 Å². The molecule has 0 bridgehead atoms. The largest absolute Gasteiger partial charge is 0.299 e. The molecule has 0 spiro atoms. The van der Waals surface area contributed by atoms with Crippen LogP contribution in [0, 0.1) is 23.7 Å². The maximum atomic E-state index is 13.4. The maximum Gasteiger partial charge on any atom is 0.139 e. The molecule has 0 amide bonds. The fourth-order valence-electron chi connectivity index (χ4n) is 5.19. The van der Waals surface area contributed by atoms with Gasteiger partial charge in [0.15, 0.2) is 0 Å². The number of hydrogen-bond acceptors (Lipinski definition) is 1. The molecule has 1 nitrogen and oxygen atoms in total. The molecule has 2 rings (SSSR count). The molecule has 2 aliphatic carbocycles. The van der Waals surface area contributed by atoms with Crippen molar-refractivity contribution in [1.82, 2.24) is 0 Å². The molecule has 0 aromatic rings. The fraction of sp³-hybridized carbons (Fsp3) is 0.952. The number of rotatable bonds is 8. The first-order valence-electron chi connectivity index (χ1n) is 10.3. The summed E-state index contributed by atoms with van der Waals surface area (Å²) in [6.07, 6.45) is 18.2. The van der Waals surface area contributed by atoms with Crippen molar-refractivity contribution in [3.63, 3.8) is 0 Å². The molecule has 2 aliphatic rings. The third-order valence-corrected chi connectivity index (χ3v) is 6.37. The standard InChI is InChI=1S/C21H38O/c1-3-11-19(17-13-7-5-8-14-17)21(22)20(12-4-2)18-15-9-6-10-16-18/h17-20H,3-16H2,1-2H3. The Labute approximate surface area is 138 Å². The second-order valence-corrected chi connectivity index (χ2v) is 7.99. The smallest absolute Gasteiger partial charge is 0.139 e. The van der Waals surface area contributed by atoms with E-state index in [9.17, 15) is 4.79 Å². The summed E-state index contributed by atoms with van der Waals surface area (Å²) in [6, 6.07) is 0. The maximum absolute atomic E-state index is 13.4. The normalized spacial score (nSPS) is 24.1. The monoisotopic (exact) mass is 306 g/mol. The summed E-state index contributed by atoms with van der Waals surface area (Å²) in [7, 11) is 0. The van der Waals surface area contributed by atoms with Gasteiger partial charge in [-0.25, -0.2) is 0 Å². The van der Waals surface area contributed by atoms with Crippen molar-refractivity contribution in [2.24, 2.45) is 23.7 Å². The predicted molar refractivity (Wildman–Crippen MR) is 95.0 cm³/mol. The summed E-state index contributed by atoms with van der Waals surface area (Å²) < 4.78 is 0. The van der Waals surface area contributed by atoms with E-state index in [0.29, 0.717) is 29.5 Å². The molecule has 22 heavy (non-hydrogen) atoms. The first-order chi connectivity index (χ1) is 10.8. The highest BCUT2D eigenvalue weighted by Gasteiger charge is 2.36. The van der Waals surface area contributed by atoms with Crippen molar-refractivity contribution in [2.45, 2.75) is 104 Å². The van der Waals surface area contributed by atoms with Crippen molar-refractivity contribution in [3.05, 3.63) is 0 Å². The number of carbonyl (C=O) groups excluding carboxylic acids is 1. The molecule has 2 atom stereocenters. The molecular formula is C21H38O. The Bertz CT molecular complexity index is 280. The minimum Gasteiger partial charge on any atom is -0.299 e. The van der Waals surface area contributed by atoms with Gasteiger partial charge in [-0.15, -0.1) is 0 Å². The zero-order chi connectivity index (χ0) is 15.8. The lowest BCUT2D eigenvalue weighted by Gasteiger charge is -2.35. The molecule has 2 unspecified atom stereocenters. The highest BCUT2D eigenvalue weighted by atomic mass is 16.1. The summed E-state index contributed by atoms with van der Waals surface area (Å²) >= 11 is 0. The van der Waals surface area contributed by atoms with E-state index in [1.165, 1.54) is 77.0 Å². The highest BCUT2D eigenvalue weighted by Crippen LogP contribution is 2.39. The first-order valence-corrected chi connectivity index (χ1v) is 10.3. The van der Waals surface area contributed by atoms with Crippen LogP contribution in [0.5, 0.6) is 0 Å². The highest BCUT2D eigenvalue weighted by molar-refractivity contribution is 5.84. The molecule has 0 aromatic carbocycles. The van der Waals surface area contributed by atoms with Gasteiger partial charge < -0.3 is 0 Å². The van der Waals surface area contributed by atoms with E-state index in [4.69, 9.17) is 0 Å². The fourth-order valence-corrected chi connectivity index (χ4v) is 5.19. The van der Waals surface area contributed by atoms with E-state index in [0.717, 1.165) is 12.8 Å². The van der Waals surface area contributed by atoms with Crippen molar-refractivity contribution >= 4 is 5.78 Å². The molecule has 0 saturated heterocycles. The Morgan fingerprint density at radius 3 is 1.41 bits per heavy atom. The lowest BCUT2D eigenvalue weighted by Crippen LogP contribution is -2.35. The molecule has 1 heteroatoms. The Morgan fingerprint density at radius 1 is 0.727 bits per heavy atom. The van der Waals surface area contributed by atoms with Gasteiger partial charge in [-0.2, -0.15) is 0 Å². The first kappa shape index (κ1) is 18.0. The van der Waals surface area contributed by atoms with Crippen molar-refractivity contribution in [3.8, 4) is 0 Å². The van der Waals surface area contributed by atoms with E-state index < -0.39 is 0 Å². The summed E-state index contributed by atoms with van der Waals surface area (Å²) in [5, 5.41) is 0. The Balaban J connectivity index is 2.06. The summed E-state index contributed by atoms with van der Waals surface area (Å²) in [5.41, 5.74) is 0. The zero-order valence-corrected chi connectivity index (χ0v) is 15.1. The lowest BCUT2D eigenvalue weighted by atomic mass is 9.68. The van der Waals surface area contributed by atoms with Gasteiger partial charge in [0.25, 0.3) is 0 Å². The predicted octanol–water partition coefficient (Wildman–Crippen LogP) is 6.55. The van der Waals surface area contributed by atoms with Crippen LogP contribution in [-0.4, -0.2) is 5.78 Å². The lowest BCUT2D eigenvalue weighted by molar-refractivity contribution is -0.131. The number of ketones is 1. The van der Waals surface area contributed by atoms with Gasteiger partial charge in [-0.05, 0) is 50.4 Å². The van der Waals surface area contributed by atoms with Crippen LogP contribution in [0.15, 0.2) is 0 Å². The number of Topliss-reactive ketones (excluding diaryl/α,β-unsaturated/α-hetero) is 1. The third kappa shape index (κ3) is 4.83. The molecule has 2 fully saturated rings. The van der Waals surface area contributed by atoms with E-state index in [2.05, 4.69) is 13.8 Å². The van der Waals surface area contributed by atoms with E-state index in [-0.39, 0.29) is 0 Å². The number of carbonyl (C=O) groups is 1. The van der Waals surface area contributed by atoms with Crippen LogP contribution < -0.4 is 0 Å². The van der Waals surface area contributed by atoms with E-state index in [1.807, 2.05) is 0 Å². The van der Waals surface area contributed by atoms with E-state index >= 15 is 0 Å². The Morgan fingerprint density at radius 2 is 1.09 bits per heavy atom. The molecule has 128 valence electrons. The average molecular weight is 307 g/mol. The van der Waals surface area contributed by atoms with Gasteiger partial charge in [0.05, 0.1) is 0 Å². The summed E-state index contributed by atoms with van der Waals surface area (Å²) in [4.78, 5) is 13.4. The second kappa shape index (κ2) is 9.73. The average Bonchev–Trinajstić information content (AvgIpc) is 2.58. The van der Waals surface area contributed by atoms with Crippen LogP contribution in [-0.2, 0) is 4.79 Å². The SMILES string of the molecule is CCCC(C(=O)C(CCC)C1CCCCC1)C1CCCCC1. The molecule has 0 N–H and O–H groups in total. The van der Waals surface area contributed by atoms with Crippen LogP contribution in [0.3, 0.4) is 0 Å². The van der Waals surface area contributed by atoms with E-state index in [1.54, 1.807) is 0 Å². The minimum absolute atomic E-state index is 0.392. The van der Waals surface area contributed by atoms with Crippen LogP contribution in [0.2, 0.25) is 0 Å². The number of hydrogen-bond donors (Lipinski definition) is 0. The summed E-state index contributed by atoms with van der Waals surface area (Å²) in [5.74, 6) is 2.89. The minimum atomic E-state index is 0.392. The molecular weight excluding hydrogens is 268 g/mol.